The van der Waals surface area contributed by atoms with Gasteiger partial charge in [-0.05, 0) is 23.8 Å². The maximum atomic E-state index is 8.66. The van der Waals surface area contributed by atoms with E-state index in [1.165, 1.54) is 5.56 Å². The van der Waals surface area contributed by atoms with Crippen LogP contribution in [0.1, 0.15) is 11.1 Å². The van der Waals surface area contributed by atoms with Crippen LogP contribution in [0.25, 0.3) is 0 Å². The molecule has 18 heavy (non-hydrogen) atoms. The van der Waals surface area contributed by atoms with E-state index >= 15 is 0 Å². The van der Waals surface area contributed by atoms with Crippen molar-refractivity contribution in [1.82, 2.24) is 9.97 Å². The van der Waals surface area contributed by atoms with E-state index in [1.807, 2.05) is 24.3 Å². The molecule has 0 saturated heterocycles. The number of rotatable bonds is 3. The standard InChI is InChI=1S/C14H12N2OS/c17-8-2-5-12-3-1-4-13(9-12)10-18-14-6-7-15-11-16-14/h1,3-4,6-7,9,11,17H,8,10H2. The lowest BCUT2D eigenvalue weighted by atomic mass is 10.1. The third-order valence-corrected chi connectivity index (χ3v) is 3.20. The molecule has 1 heterocycles. The molecule has 1 aromatic heterocycles. The van der Waals surface area contributed by atoms with E-state index in [0.717, 1.165) is 16.3 Å². The summed E-state index contributed by atoms with van der Waals surface area (Å²) in [6.07, 6.45) is 3.28. The molecule has 0 bridgehead atoms. The van der Waals surface area contributed by atoms with Crippen LogP contribution in [0, 0.1) is 11.8 Å². The minimum Gasteiger partial charge on any atom is -0.384 e. The number of aliphatic hydroxyl groups is 1. The smallest absolute Gasteiger partial charge is 0.116 e. The summed E-state index contributed by atoms with van der Waals surface area (Å²) in [5, 5.41) is 9.61. The lowest BCUT2D eigenvalue weighted by Crippen LogP contribution is -1.85. The first-order valence-corrected chi connectivity index (χ1v) is 6.44. The molecule has 2 rings (SSSR count). The van der Waals surface area contributed by atoms with Gasteiger partial charge in [0, 0.05) is 17.5 Å². The molecule has 0 atom stereocenters. The van der Waals surface area contributed by atoms with Gasteiger partial charge >= 0.3 is 0 Å². The third kappa shape index (κ3) is 3.88. The van der Waals surface area contributed by atoms with Crippen molar-refractivity contribution in [3.63, 3.8) is 0 Å². The van der Waals surface area contributed by atoms with Crippen molar-refractivity contribution in [3.8, 4) is 11.8 Å². The molecular formula is C14H12N2OS. The van der Waals surface area contributed by atoms with Gasteiger partial charge in [-0.25, -0.2) is 9.97 Å². The molecule has 90 valence electrons. The zero-order valence-electron chi connectivity index (χ0n) is 9.71. The maximum Gasteiger partial charge on any atom is 0.116 e. The Kier molecular flexibility index (Phi) is 4.77. The highest BCUT2D eigenvalue weighted by Crippen LogP contribution is 2.20. The lowest BCUT2D eigenvalue weighted by molar-refractivity contribution is 0.350. The number of aliphatic hydroxyl groups excluding tert-OH is 1. The van der Waals surface area contributed by atoms with Crippen molar-refractivity contribution >= 4 is 11.8 Å². The number of hydrogen-bond donors (Lipinski definition) is 1. The minimum absolute atomic E-state index is 0.111. The van der Waals surface area contributed by atoms with Gasteiger partial charge in [0.05, 0.1) is 5.03 Å². The van der Waals surface area contributed by atoms with E-state index in [-0.39, 0.29) is 6.61 Å². The SMILES string of the molecule is OCC#Cc1cccc(CSc2ccncn2)c1. The van der Waals surface area contributed by atoms with Gasteiger partial charge in [-0.2, -0.15) is 0 Å². The van der Waals surface area contributed by atoms with Gasteiger partial charge < -0.3 is 5.11 Å². The Morgan fingerprint density at radius 3 is 3.00 bits per heavy atom. The van der Waals surface area contributed by atoms with E-state index in [4.69, 9.17) is 5.11 Å². The van der Waals surface area contributed by atoms with Gasteiger partial charge in [0.1, 0.15) is 12.9 Å². The molecule has 0 spiro atoms. The molecule has 0 aliphatic heterocycles. The fourth-order valence-electron chi connectivity index (χ4n) is 1.40. The van der Waals surface area contributed by atoms with Crippen molar-refractivity contribution in [1.29, 1.82) is 0 Å². The summed E-state index contributed by atoms with van der Waals surface area (Å²) in [6.45, 7) is -0.111. The average Bonchev–Trinajstić information content (AvgIpc) is 2.44. The maximum absolute atomic E-state index is 8.66. The molecule has 2 aromatic rings. The fraction of sp³-hybridized carbons (Fsp3) is 0.143. The van der Waals surface area contributed by atoms with Crippen LogP contribution in [-0.4, -0.2) is 21.7 Å². The minimum atomic E-state index is -0.111. The molecule has 0 fully saturated rings. The van der Waals surface area contributed by atoms with Crippen LogP contribution in [0.5, 0.6) is 0 Å². The number of aromatic nitrogens is 2. The van der Waals surface area contributed by atoms with E-state index < -0.39 is 0 Å². The Balaban J connectivity index is 2.01. The monoisotopic (exact) mass is 256 g/mol. The van der Waals surface area contributed by atoms with Crippen LogP contribution < -0.4 is 0 Å². The summed E-state index contributed by atoms with van der Waals surface area (Å²) in [6, 6.07) is 9.87. The molecule has 0 unspecified atom stereocenters. The van der Waals surface area contributed by atoms with Crippen LogP contribution in [0.3, 0.4) is 0 Å². The number of hydrogen-bond acceptors (Lipinski definition) is 4. The van der Waals surface area contributed by atoms with Gasteiger partial charge in [0.25, 0.3) is 0 Å². The Labute approximate surface area is 110 Å². The summed E-state index contributed by atoms with van der Waals surface area (Å²) < 4.78 is 0. The molecule has 0 saturated carbocycles. The molecule has 4 heteroatoms. The van der Waals surface area contributed by atoms with Crippen molar-refractivity contribution < 1.29 is 5.11 Å². The van der Waals surface area contributed by atoms with Crippen molar-refractivity contribution in [3.05, 3.63) is 54.0 Å². The molecule has 0 amide bonds. The normalized spacial score (nSPS) is 9.61. The van der Waals surface area contributed by atoms with Gasteiger partial charge in [0.15, 0.2) is 0 Å². The first-order chi connectivity index (χ1) is 8.88. The summed E-state index contributed by atoms with van der Waals surface area (Å²) >= 11 is 1.66. The van der Waals surface area contributed by atoms with Crippen molar-refractivity contribution in [2.24, 2.45) is 0 Å². The average molecular weight is 256 g/mol. The number of nitrogens with zero attached hydrogens (tertiary/aromatic N) is 2. The molecule has 1 N–H and O–H groups in total. The Morgan fingerprint density at radius 1 is 1.28 bits per heavy atom. The second-order valence-electron chi connectivity index (χ2n) is 3.50. The fourth-order valence-corrected chi connectivity index (χ4v) is 2.17. The van der Waals surface area contributed by atoms with E-state index in [1.54, 1.807) is 24.3 Å². The molecule has 1 aromatic carbocycles. The van der Waals surface area contributed by atoms with Crippen LogP contribution in [0.15, 0.2) is 47.9 Å². The van der Waals surface area contributed by atoms with Gasteiger partial charge in [-0.15, -0.1) is 11.8 Å². The van der Waals surface area contributed by atoms with Gasteiger partial charge in [-0.3, -0.25) is 0 Å². The van der Waals surface area contributed by atoms with Crippen LogP contribution >= 0.6 is 11.8 Å². The van der Waals surface area contributed by atoms with Gasteiger partial charge in [0.2, 0.25) is 0 Å². The number of benzene rings is 1. The third-order valence-electron chi connectivity index (χ3n) is 2.18. The highest BCUT2D eigenvalue weighted by Gasteiger charge is 1.97. The van der Waals surface area contributed by atoms with E-state index in [9.17, 15) is 0 Å². The first kappa shape index (κ1) is 12.6. The summed E-state index contributed by atoms with van der Waals surface area (Å²) in [4.78, 5) is 8.04. The quantitative estimate of drug-likeness (QED) is 0.519. The van der Waals surface area contributed by atoms with Crippen LogP contribution in [-0.2, 0) is 5.75 Å². The van der Waals surface area contributed by atoms with Crippen LogP contribution in [0.2, 0.25) is 0 Å². The first-order valence-electron chi connectivity index (χ1n) is 5.46. The zero-order chi connectivity index (χ0) is 12.6. The molecular weight excluding hydrogens is 244 g/mol. The predicted octanol–water partition coefficient (Wildman–Crippen LogP) is 2.11. The molecule has 0 aliphatic carbocycles. The molecule has 0 radical (unpaired) electrons. The van der Waals surface area contributed by atoms with E-state index in [0.29, 0.717) is 0 Å². The predicted molar refractivity (Wildman–Crippen MR) is 72.0 cm³/mol. The Morgan fingerprint density at radius 2 is 2.22 bits per heavy atom. The molecule has 0 aliphatic rings. The van der Waals surface area contributed by atoms with Gasteiger partial charge in [-0.1, -0.05) is 24.0 Å². The Hall–Kier alpha value is -1.83. The highest BCUT2D eigenvalue weighted by molar-refractivity contribution is 7.98. The second kappa shape index (κ2) is 6.80. The Bertz CT molecular complexity index is 561. The summed E-state index contributed by atoms with van der Waals surface area (Å²) in [5.74, 6) is 6.38. The van der Waals surface area contributed by atoms with Crippen LogP contribution in [0.4, 0.5) is 0 Å². The summed E-state index contributed by atoms with van der Waals surface area (Å²) in [5.41, 5.74) is 2.10. The van der Waals surface area contributed by atoms with Crippen molar-refractivity contribution in [2.45, 2.75) is 10.8 Å². The second-order valence-corrected chi connectivity index (χ2v) is 4.49. The topological polar surface area (TPSA) is 46.0 Å². The molecule has 3 nitrogen and oxygen atoms in total. The summed E-state index contributed by atoms with van der Waals surface area (Å²) in [7, 11) is 0. The largest absolute Gasteiger partial charge is 0.384 e. The van der Waals surface area contributed by atoms with E-state index in [2.05, 4.69) is 27.9 Å². The van der Waals surface area contributed by atoms with Crippen molar-refractivity contribution in [2.75, 3.05) is 6.61 Å². The zero-order valence-corrected chi connectivity index (χ0v) is 10.5. The number of thioether (sulfide) groups is 1. The highest BCUT2D eigenvalue weighted by atomic mass is 32.2. The lowest BCUT2D eigenvalue weighted by Gasteiger charge is -2.01.